The maximum Gasteiger partial charge on any atom is 0.261 e. The van der Waals surface area contributed by atoms with E-state index in [-0.39, 0.29) is 23.8 Å². The van der Waals surface area contributed by atoms with E-state index in [2.05, 4.69) is 24.1 Å². The molecule has 0 radical (unpaired) electrons. The van der Waals surface area contributed by atoms with Gasteiger partial charge in [0.15, 0.2) is 0 Å². The highest BCUT2D eigenvalue weighted by molar-refractivity contribution is 5.97. The van der Waals surface area contributed by atoms with Crippen LogP contribution in [-0.4, -0.2) is 39.5 Å². The molecule has 1 aromatic heterocycles. The summed E-state index contributed by atoms with van der Waals surface area (Å²) >= 11 is 0. The number of rotatable bonds is 4. The number of hydrogen-bond acceptors (Lipinski definition) is 4. The predicted octanol–water partition coefficient (Wildman–Crippen LogP) is 2.73. The third-order valence-corrected chi connectivity index (χ3v) is 5.66. The Hall–Kier alpha value is -3.06. The summed E-state index contributed by atoms with van der Waals surface area (Å²) < 4.78 is 15.5. The van der Waals surface area contributed by atoms with Gasteiger partial charge >= 0.3 is 0 Å². The number of fused-ring (bicyclic) bond motifs is 2. The molecule has 0 unspecified atom stereocenters. The molecule has 0 spiro atoms. The molecule has 1 aliphatic heterocycles. The molecule has 0 bridgehead atoms. The Labute approximate surface area is 174 Å². The summed E-state index contributed by atoms with van der Waals surface area (Å²) in [6.07, 6.45) is 0.688. The molecule has 6 nitrogen and oxygen atoms in total. The highest BCUT2D eigenvalue weighted by atomic mass is 19.1. The predicted molar refractivity (Wildman–Crippen MR) is 114 cm³/mol. The Morgan fingerprint density at radius 1 is 1.17 bits per heavy atom. The second kappa shape index (κ2) is 8.36. The lowest BCUT2D eigenvalue weighted by molar-refractivity contribution is 0.0950. The standard InChI is InChI=1S/C23H25FN4O2/c1-15(2)27-10-9-21-26-20-13-16(7-8-18(20)23(30)28(21)12-11-27)22(29)25-14-17-5-3-4-6-19(17)24/h3-8,13,15H,9-12,14H2,1-2H3,(H,25,29). The van der Waals surface area contributed by atoms with Crippen LogP contribution in [0.3, 0.4) is 0 Å². The minimum Gasteiger partial charge on any atom is -0.348 e. The SMILES string of the molecule is CC(C)N1CCc2nc3cc(C(=O)NCc4ccccc4F)ccc3c(=O)n2CC1. The van der Waals surface area contributed by atoms with Crippen molar-refractivity contribution >= 4 is 16.8 Å². The molecule has 1 amide bonds. The zero-order valence-electron chi connectivity index (χ0n) is 17.2. The number of amides is 1. The highest BCUT2D eigenvalue weighted by Crippen LogP contribution is 2.15. The van der Waals surface area contributed by atoms with E-state index in [4.69, 9.17) is 4.98 Å². The van der Waals surface area contributed by atoms with E-state index < -0.39 is 0 Å². The molecule has 0 saturated carbocycles. The summed E-state index contributed by atoms with van der Waals surface area (Å²) in [5, 5.41) is 3.23. The molecular weight excluding hydrogens is 383 g/mol. The van der Waals surface area contributed by atoms with Crippen LogP contribution < -0.4 is 10.9 Å². The molecule has 7 heteroatoms. The quantitative estimate of drug-likeness (QED) is 0.721. The van der Waals surface area contributed by atoms with Crippen molar-refractivity contribution in [3.05, 3.63) is 75.6 Å². The Kier molecular flexibility index (Phi) is 5.63. The first-order valence-corrected chi connectivity index (χ1v) is 10.2. The summed E-state index contributed by atoms with van der Waals surface area (Å²) in [6.45, 7) is 6.66. The van der Waals surface area contributed by atoms with Crippen LogP contribution in [0.5, 0.6) is 0 Å². The van der Waals surface area contributed by atoms with Gasteiger partial charge in [-0.3, -0.25) is 19.1 Å². The van der Waals surface area contributed by atoms with Gasteiger partial charge in [0.1, 0.15) is 11.6 Å². The van der Waals surface area contributed by atoms with Gasteiger partial charge in [0.2, 0.25) is 0 Å². The van der Waals surface area contributed by atoms with Gasteiger partial charge in [-0.25, -0.2) is 9.37 Å². The molecule has 0 fully saturated rings. The van der Waals surface area contributed by atoms with Crippen LogP contribution in [0.4, 0.5) is 4.39 Å². The van der Waals surface area contributed by atoms with Crippen molar-refractivity contribution in [2.45, 2.75) is 39.4 Å². The Morgan fingerprint density at radius 2 is 1.97 bits per heavy atom. The van der Waals surface area contributed by atoms with Crippen molar-refractivity contribution in [2.24, 2.45) is 0 Å². The fourth-order valence-corrected chi connectivity index (χ4v) is 3.85. The van der Waals surface area contributed by atoms with Gasteiger partial charge in [-0.15, -0.1) is 0 Å². The van der Waals surface area contributed by atoms with Crippen LogP contribution in [0.2, 0.25) is 0 Å². The lowest BCUT2D eigenvalue weighted by Gasteiger charge is -2.23. The average molecular weight is 408 g/mol. The molecule has 1 N–H and O–H groups in total. The molecule has 1 aliphatic rings. The zero-order valence-corrected chi connectivity index (χ0v) is 17.2. The molecule has 30 heavy (non-hydrogen) atoms. The number of aromatic nitrogens is 2. The van der Waals surface area contributed by atoms with Gasteiger partial charge in [0.05, 0.1) is 10.9 Å². The number of carbonyl (C=O) groups is 1. The van der Waals surface area contributed by atoms with E-state index in [0.29, 0.717) is 41.0 Å². The fraction of sp³-hybridized carbons (Fsp3) is 0.348. The van der Waals surface area contributed by atoms with E-state index in [1.165, 1.54) is 6.07 Å². The fourth-order valence-electron chi connectivity index (χ4n) is 3.85. The summed E-state index contributed by atoms with van der Waals surface area (Å²) in [4.78, 5) is 32.6. The lowest BCUT2D eigenvalue weighted by atomic mass is 10.1. The van der Waals surface area contributed by atoms with Crippen LogP contribution >= 0.6 is 0 Å². The smallest absolute Gasteiger partial charge is 0.261 e. The van der Waals surface area contributed by atoms with Crippen LogP contribution in [0.15, 0.2) is 47.3 Å². The van der Waals surface area contributed by atoms with Crippen molar-refractivity contribution in [3.8, 4) is 0 Å². The molecule has 2 aromatic carbocycles. The minimum absolute atomic E-state index is 0.0704. The maximum absolute atomic E-state index is 13.8. The minimum atomic E-state index is -0.357. The van der Waals surface area contributed by atoms with Gasteiger partial charge in [0, 0.05) is 49.8 Å². The average Bonchev–Trinajstić information content (AvgIpc) is 2.96. The number of hydrogen-bond donors (Lipinski definition) is 1. The number of nitrogens with one attached hydrogen (secondary N) is 1. The summed E-state index contributed by atoms with van der Waals surface area (Å²) in [5.41, 5.74) is 1.26. The number of nitrogens with zero attached hydrogens (tertiary/aromatic N) is 3. The first-order valence-electron chi connectivity index (χ1n) is 10.2. The molecule has 156 valence electrons. The van der Waals surface area contributed by atoms with Gasteiger partial charge in [-0.2, -0.15) is 0 Å². The first kappa shape index (κ1) is 20.2. The topological polar surface area (TPSA) is 67.2 Å². The number of carbonyl (C=O) groups excluding carboxylic acids is 1. The second-order valence-electron chi connectivity index (χ2n) is 7.87. The molecule has 0 saturated heterocycles. The number of benzene rings is 2. The van der Waals surface area contributed by atoms with Gasteiger partial charge in [-0.05, 0) is 38.1 Å². The lowest BCUT2D eigenvalue weighted by Crippen LogP contribution is -2.34. The van der Waals surface area contributed by atoms with Crippen molar-refractivity contribution in [3.63, 3.8) is 0 Å². The van der Waals surface area contributed by atoms with E-state index in [1.807, 2.05) is 0 Å². The van der Waals surface area contributed by atoms with Gasteiger partial charge < -0.3 is 5.32 Å². The largest absolute Gasteiger partial charge is 0.348 e. The molecule has 0 aliphatic carbocycles. The maximum atomic E-state index is 13.8. The van der Waals surface area contributed by atoms with Crippen LogP contribution in [0.1, 0.15) is 35.6 Å². The van der Waals surface area contributed by atoms with Crippen LogP contribution in [0, 0.1) is 5.82 Å². The summed E-state index contributed by atoms with van der Waals surface area (Å²) in [5.74, 6) is 0.0617. The molecule has 3 aromatic rings. The zero-order chi connectivity index (χ0) is 21.3. The summed E-state index contributed by atoms with van der Waals surface area (Å²) in [7, 11) is 0. The third-order valence-electron chi connectivity index (χ3n) is 5.66. The van der Waals surface area contributed by atoms with Crippen molar-refractivity contribution < 1.29 is 9.18 Å². The Bertz CT molecular complexity index is 1160. The molecule has 2 heterocycles. The van der Waals surface area contributed by atoms with Crippen molar-refractivity contribution in [1.29, 1.82) is 0 Å². The first-order chi connectivity index (χ1) is 14.4. The normalized spacial score (nSPS) is 14.5. The summed E-state index contributed by atoms with van der Waals surface area (Å²) in [6, 6.07) is 11.7. The van der Waals surface area contributed by atoms with Crippen LogP contribution in [-0.2, 0) is 19.5 Å². The molecule has 0 atom stereocenters. The van der Waals surface area contributed by atoms with E-state index >= 15 is 0 Å². The monoisotopic (exact) mass is 408 g/mol. The second-order valence-corrected chi connectivity index (χ2v) is 7.87. The highest BCUT2D eigenvalue weighted by Gasteiger charge is 2.19. The third kappa shape index (κ3) is 3.98. The Morgan fingerprint density at radius 3 is 2.73 bits per heavy atom. The van der Waals surface area contributed by atoms with Crippen molar-refractivity contribution in [2.75, 3.05) is 13.1 Å². The van der Waals surface area contributed by atoms with E-state index in [0.717, 1.165) is 18.9 Å². The van der Waals surface area contributed by atoms with Gasteiger partial charge in [0.25, 0.3) is 11.5 Å². The van der Waals surface area contributed by atoms with Crippen LogP contribution in [0.25, 0.3) is 10.9 Å². The van der Waals surface area contributed by atoms with Gasteiger partial charge in [-0.1, -0.05) is 18.2 Å². The molecule has 4 rings (SSSR count). The van der Waals surface area contributed by atoms with Crippen molar-refractivity contribution in [1.82, 2.24) is 19.8 Å². The van der Waals surface area contributed by atoms with E-state index in [9.17, 15) is 14.0 Å². The Balaban J connectivity index is 1.59. The molecular formula is C23H25FN4O2. The van der Waals surface area contributed by atoms with E-state index in [1.54, 1.807) is 41.0 Å². The number of halogens is 1.